The minimum absolute atomic E-state index is 0.0597. The Bertz CT molecular complexity index is 159. The molecule has 0 saturated carbocycles. The molecule has 84 valence electrons. The third-order valence-corrected chi connectivity index (χ3v) is 2.04. The van der Waals surface area contributed by atoms with Crippen molar-refractivity contribution >= 4 is 5.97 Å². The van der Waals surface area contributed by atoms with Gasteiger partial charge in [-0.15, -0.1) is 0 Å². The molecule has 14 heavy (non-hydrogen) atoms. The lowest BCUT2D eigenvalue weighted by atomic mass is 10.1. The van der Waals surface area contributed by atoms with Crippen LogP contribution in [-0.4, -0.2) is 36.9 Å². The third-order valence-electron chi connectivity index (χ3n) is 2.04. The van der Waals surface area contributed by atoms with Crippen LogP contribution in [0.2, 0.25) is 0 Å². The van der Waals surface area contributed by atoms with Crippen molar-refractivity contribution in [3.63, 3.8) is 0 Å². The minimum atomic E-state index is -0.194. The molecule has 0 fully saturated rings. The molecule has 0 aromatic carbocycles. The van der Waals surface area contributed by atoms with Gasteiger partial charge in [0, 0.05) is 12.6 Å². The maximum Gasteiger partial charge on any atom is 0.307 e. The van der Waals surface area contributed by atoms with Crippen molar-refractivity contribution in [2.24, 2.45) is 5.92 Å². The van der Waals surface area contributed by atoms with Gasteiger partial charge >= 0.3 is 5.97 Å². The molecule has 0 rings (SSSR count). The van der Waals surface area contributed by atoms with E-state index in [0.717, 1.165) is 0 Å². The highest BCUT2D eigenvalue weighted by atomic mass is 16.5. The Morgan fingerprint density at radius 2 is 2.14 bits per heavy atom. The van der Waals surface area contributed by atoms with Crippen LogP contribution >= 0.6 is 0 Å². The number of carbonyl (C=O) groups excluding carboxylic acids is 1. The van der Waals surface area contributed by atoms with Gasteiger partial charge in [-0.25, -0.2) is 0 Å². The maximum absolute atomic E-state index is 11.0. The van der Waals surface area contributed by atoms with Gasteiger partial charge in [0.2, 0.25) is 0 Å². The third kappa shape index (κ3) is 5.94. The van der Waals surface area contributed by atoms with Crippen molar-refractivity contribution < 1.29 is 14.6 Å². The van der Waals surface area contributed by atoms with Gasteiger partial charge in [0.15, 0.2) is 0 Å². The van der Waals surface area contributed by atoms with Gasteiger partial charge in [0.05, 0.1) is 19.6 Å². The maximum atomic E-state index is 11.0. The summed E-state index contributed by atoms with van der Waals surface area (Å²) in [6, 6.07) is 0.0597. The Morgan fingerprint density at radius 3 is 2.57 bits per heavy atom. The number of hydrogen-bond acceptors (Lipinski definition) is 4. The molecule has 0 radical (unpaired) electrons. The molecule has 0 bridgehead atoms. The second-order valence-corrected chi connectivity index (χ2v) is 3.54. The normalized spacial score (nSPS) is 12.9. The molecule has 0 heterocycles. The summed E-state index contributed by atoms with van der Waals surface area (Å²) in [5.74, 6) is 0.169. The largest absolute Gasteiger partial charge is 0.466 e. The highest BCUT2D eigenvalue weighted by molar-refractivity contribution is 5.69. The lowest BCUT2D eigenvalue weighted by Crippen LogP contribution is -2.38. The zero-order valence-electron chi connectivity index (χ0n) is 9.25. The molecule has 4 heteroatoms. The molecule has 0 aromatic heterocycles. The zero-order valence-corrected chi connectivity index (χ0v) is 9.25. The summed E-state index contributed by atoms with van der Waals surface area (Å²) in [5.41, 5.74) is 0. The number of rotatable bonds is 7. The number of esters is 1. The first-order valence-electron chi connectivity index (χ1n) is 5.11. The quantitative estimate of drug-likeness (QED) is 0.593. The van der Waals surface area contributed by atoms with Crippen LogP contribution in [0.15, 0.2) is 0 Å². The van der Waals surface area contributed by atoms with Crippen LogP contribution in [0.25, 0.3) is 0 Å². The summed E-state index contributed by atoms with van der Waals surface area (Å²) in [5, 5.41) is 12.1. The van der Waals surface area contributed by atoms with E-state index in [1.54, 1.807) is 6.92 Å². The summed E-state index contributed by atoms with van der Waals surface area (Å²) in [6.07, 6.45) is 0.358. The van der Waals surface area contributed by atoms with E-state index in [-0.39, 0.29) is 18.6 Å². The van der Waals surface area contributed by atoms with Gasteiger partial charge in [-0.05, 0) is 12.8 Å². The molecule has 0 aliphatic rings. The fourth-order valence-corrected chi connectivity index (χ4v) is 1.10. The van der Waals surface area contributed by atoms with E-state index in [4.69, 9.17) is 9.84 Å². The zero-order chi connectivity index (χ0) is 11.0. The van der Waals surface area contributed by atoms with Crippen LogP contribution in [0.3, 0.4) is 0 Å². The van der Waals surface area contributed by atoms with Gasteiger partial charge in [-0.2, -0.15) is 0 Å². The molecule has 0 amide bonds. The first-order valence-corrected chi connectivity index (χ1v) is 5.11. The molecular weight excluding hydrogens is 182 g/mol. The number of ether oxygens (including phenoxy) is 1. The molecule has 0 unspecified atom stereocenters. The van der Waals surface area contributed by atoms with E-state index >= 15 is 0 Å². The lowest BCUT2D eigenvalue weighted by Gasteiger charge is -2.19. The van der Waals surface area contributed by atoms with Crippen molar-refractivity contribution in [3.8, 4) is 0 Å². The summed E-state index contributed by atoms with van der Waals surface area (Å²) in [4.78, 5) is 11.0. The van der Waals surface area contributed by atoms with Gasteiger partial charge in [0.1, 0.15) is 0 Å². The molecule has 0 aliphatic carbocycles. The van der Waals surface area contributed by atoms with Gasteiger partial charge < -0.3 is 15.2 Å². The van der Waals surface area contributed by atoms with E-state index in [1.807, 2.05) is 13.8 Å². The highest BCUT2D eigenvalue weighted by Gasteiger charge is 2.11. The van der Waals surface area contributed by atoms with Gasteiger partial charge in [-0.1, -0.05) is 13.8 Å². The lowest BCUT2D eigenvalue weighted by molar-refractivity contribution is -0.143. The Balaban J connectivity index is 3.56. The van der Waals surface area contributed by atoms with E-state index in [0.29, 0.717) is 25.5 Å². The Kier molecular flexibility index (Phi) is 7.42. The average molecular weight is 203 g/mol. The molecule has 0 aromatic rings. The first kappa shape index (κ1) is 13.4. The van der Waals surface area contributed by atoms with Crippen molar-refractivity contribution in [2.75, 3.05) is 19.8 Å². The molecule has 0 aliphatic heterocycles. The summed E-state index contributed by atoms with van der Waals surface area (Å²) in [7, 11) is 0. The molecule has 0 spiro atoms. The van der Waals surface area contributed by atoms with Crippen LogP contribution in [0.5, 0.6) is 0 Å². The van der Waals surface area contributed by atoms with Crippen molar-refractivity contribution in [3.05, 3.63) is 0 Å². The first-order chi connectivity index (χ1) is 6.61. The molecule has 2 N–H and O–H groups in total. The number of carbonyl (C=O) groups is 1. The molecule has 4 nitrogen and oxygen atoms in total. The van der Waals surface area contributed by atoms with E-state index in [2.05, 4.69) is 5.32 Å². The van der Waals surface area contributed by atoms with E-state index in [1.165, 1.54) is 0 Å². The van der Waals surface area contributed by atoms with Crippen LogP contribution < -0.4 is 5.32 Å². The average Bonchev–Trinajstić information content (AvgIpc) is 2.12. The van der Waals surface area contributed by atoms with Crippen molar-refractivity contribution in [1.29, 1.82) is 0 Å². The van der Waals surface area contributed by atoms with Crippen molar-refractivity contribution in [2.45, 2.75) is 33.2 Å². The monoisotopic (exact) mass is 203 g/mol. The SMILES string of the molecule is CCOC(=O)CCN[C@H](CO)C(C)C. The van der Waals surface area contributed by atoms with Gasteiger partial charge in [0.25, 0.3) is 0 Å². The summed E-state index contributed by atoms with van der Waals surface area (Å²) in [6.45, 7) is 6.92. The topological polar surface area (TPSA) is 58.6 Å². The standard InChI is InChI=1S/C10H21NO3/c1-4-14-10(13)5-6-11-9(7-12)8(2)3/h8-9,11-12H,4-7H2,1-3H3/t9-/m1/s1. The number of aliphatic hydroxyl groups excluding tert-OH is 1. The van der Waals surface area contributed by atoms with E-state index < -0.39 is 0 Å². The minimum Gasteiger partial charge on any atom is -0.466 e. The Hall–Kier alpha value is -0.610. The van der Waals surface area contributed by atoms with E-state index in [9.17, 15) is 4.79 Å². The van der Waals surface area contributed by atoms with Crippen molar-refractivity contribution in [1.82, 2.24) is 5.32 Å². The highest BCUT2D eigenvalue weighted by Crippen LogP contribution is 2.00. The molecule has 0 saturated heterocycles. The van der Waals surface area contributed by atoms with Crippen LogP contribution in [0.1, 0.15) is 27.2 Å². The van der Waals surface area contributed by atoms with Gasteiger partial charge in [-0.3, -0.25) is 4.79 Å². The number of aliphatic hydroxyl groups is 1. The van der Waals surface area contributed by atoms with Crippen LogP contribution in [0, 0.1) is 5.92 Å². The fraction of sp³-hybridized carbons (Fsp3) is 0.900. The number of nitrogens with one attached hydrogen (secondary N) is 1. The summed E-state index contributed by atoms with van der Waals surface area (Å²) < 4.78 is 4.78. The Labute approximate surface area is 85.6 Å². The second kappa shape index (κ2) is 7.76. The predicted molar refractivity (Wildman–Crippen MR) is 55.0 cm³/mol. The summed E-state index contributed by atoms with van der Waals surface area (Å²) >= 11 is 0. The Morgan fingerprint density at radius 1 is 1.50 bits per heavy atom. The molecule has 1 atom stereocenters. The van der Waals surface area contributed by atoms with Crippen LogP contribution in [0.4, 0.5) is 0 Å². The smallest absolute Gasteiger partial charge is 0.307 e. The second-order valence-electron chi connectivity index (χ2n) is 3.54. The number of hydrogen-bond donors (Lipinski definition) is 2. The predicted octanol–water partition coefficient (Wildman–Crippen LogP) is 0.546. The molecular formula is C10H21NO3. The fourth-order valence-electron chi connectivity index (χ4n) is 1.10. The van der Waals surface area contributed by atoms with Crippen LogP contribution in [-0.2, 0) is 9.53 Å².